The van der Waals surface area contributed by atoms with Crippen LogP contribution in [-0.2, 0) is 9.59 Å². The van der Waals surface area contributed by atoms with Crippen LogP contribution in [0.4, 0.5) is 0 Å². The van der Waals surface area contributed by atoms with E-state index in [0.29, 0.717) is 0 Å². The number of aromatic nitrogens is 1. The van der Waals surface area contributed by atoms with Gasteiger partial charge in [-0.15, -0.1) is 0 Å². The van der Waals surface area contributed by atoms with Gasteiger partial charge in [-0.05, 0) is 12.1 Å². The maximum absolute atomic E-state index is 9.72. The number of rotatable bonds is 4. The average Bonchev–Trinajstić information content (AvgIpc) is 2.49. The first-order valence-corrected chi connectivity index (χ1v) is 6.10. The van der Waals surface area contributed by atoms with E-state index in [2.05, 4.69) is 17.1 Å². The van der Waals surface area contributed by atoms with Crippen LogP contribution in [0.3, 0.4) is 0 Å². The van der Waals surface area contributed by atoms with E-state index < -0.39 is 24.5 Å². The van der Waals surface area contributed by atoms with Crippen molar-refractivity contribution in [2.24, 2.45) is 0 Å². The van der Waals surface area contributed by atoms with Crippen molar-refractivity contribution < 1.29 is 24.9 Å². The van der Waals surface area contributed by atoms with Crippen molar-refractivity contribution in [3.8, 4) is 11.3 Å². The van der Waals surface area contributed by atoms with Crippen LogP contribution in [0.5, 0.6) is 0 Å². The molecule has 1 unspecified atom stereocenters. The number of aliphatic carboxylic acids is 2. The van der Waals surface area contributed by atoms with Crippen molar-refractivity contribution in [2.75, 3.05) is 0 Å². The summed E-state index contributed by atoms with van der Waals surface area (Å²) in [6, 6.07) is 16.1. The topological polar surface area (TPSA) is 108 Å². The Labute approximate surface area is 121 Å². The highest BCUT2D eigenvalue weighted by atomic mass is 16.4. The highest BCUT2D eigenvalue weighted by molar-refractivity contribution is 5.79. The van der Waals surface area contributed by atoms with E-state index in [1.807, 2.05) is 42.6 Å². The summed E-state index contributed by atoms with van der Waals surface area (Å²) in [6.45, 7) is 0. The van der Waals surface area contributed by atoms with Crippen molar-refractivity contribution in [1.29, 1.82) is 0 Å². The maximum Gasteiger partial charge on any atom is 0.333 e. The third kappa shape index (κ3) is 6.31. The van der Waals surface area contributed by atoms with Crippen LogP contribution < -0.4 is 0 Å². The molecule has 110 valence electrons. The van der Waals surface area contributed by atoms with E-state index in [1.54, 1.807) is 0 Å². The van der Waals surface area contributed by atoms with Crippen molar-refractivity contribution >= 4 is 11.9 Å². The van der Waals surface area contributed by atoms with Crippen LogP contribution in [0.15, 0.2) is 54.7 Å². The lowest BCUT2D eigenvalue weighted by atomic mass is 10.1. The van der Waals surface area contributed by atoms with Gasteiger partial charge in [0.2, 0.25) is 0 Å². The molecule has 6 nitrogen and oxygen atoms in total. The van der Waals surface area contributed by atoms with Gasteiger partial charge in [-0.3, -0.25) is 9.78 Å². The molecule has 0 saturated heterocycles. The lowest BCUT2D eigenvalue weighted by molar-refractivity contribution is -0.152. The summed E-state index contributed by atoms with van der Waals surface area (Å²) in [5.74, 6) is -2.85. The number of aliphatic hydroxyl groups excluding tert-OH is 1. The number of carboxylic acids is 2. The minimum atomic E-state index is -1.79. The summed E-state index contributed by atoms with van der Waals surface area (Å²) >= 11 is 0. The second kappa shape index (κ2) is 8.44. The lowest BCUT2D eigenvalue weighted by Gasteiger charge is -1.97. The minimum Gasteiger partial charge on any atom is -0.481 e. The Morgan fingerprint density at radius 1 is 1.00 bits per heavy atom. The van der Waals surface area contributed by atoms with Crippen LogP contribution in [-0.4, -0.2) is 38.3 Å². The molecule has 0 aliphatic heterocycles. The van der Waals surface area contributed by atoms with E-state index in [4.69, 9.17) is 15.3 Å². The molecule has 0 amide bonds. The Bertz CT molecular complexity index is 534. The van der Waals surface area contributed by atoms with Gasteiger partial charge in [-0.2, -0.15) is 0 Å². The van der Waals surface area contributed by atoms with Crippen LogP contribution in [0.2, 0.25) is 0 Å². The highest BCUT2D eigenvalue weighted by Crippen LogP contribution is 2.14. The van der Waals surface area contributed by atoms with Crippen molar-refractivity contribution in [3.05, 3.63) is 54.7 Å². The monoisotopic (exact) mass is 289 g/mol. The molecular formula is C15H15NO5. The van der Waals surface area contributed by atoms with Crippen LogP contribution in [0.25, 0.3) is 11.3 Å². The number of pyridine rings is 1. The molecule has 1 aromatic carbocycles. The van der Waals surface area contributed by atoms with Crippen LogP contribution in [0.1, 0.15) is 6.42 Å². The predicted molar refractivity (Wildman–Crippen MR) is 75.6 cm³/mol. The fourth-order valence-electron chi connectivity index (χ4n) is 1.40. The Hall–Kier alpha value is -2.73. The number of carboxylic acid groups (broad SMARTS) is 2. The molecule has 21 heavy (non-hydrogen) atoms. The summed E-state index contributed by atoms with van der Waals surface area (Å²) in [7, 11) is 0. The molecule has 2 aromatic rings. The zero-order valence-corrected chi connectivity index (χ0v) is 11.1. The quantitative estimate of drug-likeness (QED) is 0.790. The molecule has 0 fully saturated rings. The first-order valence-electron chi connectivity index (χ1n) is 6.10. The molecule has 0 aliphatic rings. The van der Waals surface area contributed by atoms with Gasteiger partial charge in [0.1, 0.15) is 0 Å². The van der Waals surface area contributed by atoms with Gasteiger partial charge in [0.05, 0.1) is 12.1 Å². The summed E-state index contributed by atoms with van der Waals surface area (Å²) in [4.78, 5) is 23.7. The molecule has 3 N–H and O–H groups in total. The van der Waals surface area contributed by atoms with Gasteiger partial charge in [0, 0.05) is 11.8 Å². The SMILES string of the molecule is O=C(O)CC(O)C(=O)O.c1ccc(-c2ccccn2)cc1. The van der Waals surface area contributed by atoms with Gasteiger partial charge >= 0.3 is 11.9 Å². The number of hydrogen-bond donors (Lipinski definition) is 3. The molecule has 1 aromatic heterocycles. The smallest absolute Gasteiger partial charge is 0.333 e. The third-order valence-electron chi connectivity index (χ3n) is 2.39. The normalized spacial score (nSPS) is 10.9. The van der Waals surface area contributed by atoms with Crippen molar-refractivity contribution in [2.45, 2.75) is 12.5 Å². The molecule has 0 radical (unpaired) electrons. The summed E-state index contributed by atoms with van der Waals surface area (Å²) in [5.41, 5.74) is 2.19. The summed E-state index contributed by atoms with van der Waals surface area (Å²) in [5, 5.41) is 24.1. The molecule has 0 aliphatic carbocycles. The highest BCUT2D eigenvalue weighted by Gasteiger charge is 2.16. The Morgan fingerprint density at radius 3 is 2.05 bits per heavy atom. The largest absolute Gasteiger partial charge is 0.481 e. The summed E-state index contributed by atoms with van der Waals surface area (Å²) < 4.78 is 0. The molecule has 1 atom stereocenters. The molecule has 0 bridgehead atoms. The Balaban J connectivity index is 0.000000222. The molecule has 1 heterocycles. The van der Waals surface area contributed by atoms with Gasteiger partial charge in [-0.25, -0.2) is 4.79 Å². The number of hydrogen-bond acceptors (Lipinski definition) is 4. The number of carbonyl (C=O) groups is 2. The lowest BCUT2D eigenvalue weighted by Crippen LogP contribution is -2.22. The second-order valence-electron chi connectivity index (χ2n) is 4.03. The predicted octanol–water partition coefficient (Wildman–Crippen LogP) is 1.66. The molecular weight excluding hydrogens is 274 g/mol. The zero-order valence-electron chi connectivity index (χ0n) is 11.1. The molecule has 0 spiro atoms. The summed E-state index contributed by atoms with van der Waals surface area (Å²) in [6.07, 6.45) is -0.736. The number of nitrogens with zero attached hydrogens (tertiary/aromatic N) is 1. The first kappa shape index (κ1) is 16.3. The molecule has 6 heteroatoms. The van der Waals surface area contributed by atoms with Gasteiger partial charge < -0.3 is 15.3 Å². The van der Waals surface area contributed by atoms with Crippen LogP contribution in [0, 0.1) is 0 Å². The first-order chi connectivity index (χ1) is 10.0. The van der Waals surface area contributed by atoms with Gasteiger partial charge in [0.25, 0.3) is 0 Å². The number of aliphatic hydroxyl groups is 1. The van der Waals surface area contributed by atoms with Gasteiger partial charge in [-0.1, -0.05) is 36.4 Å². The maximum atomic E-state index is 9.72. The third-order valence-corrected chi connectivity index (χ3v) is 2.39. The molecule has 0 saturated carbocycles. The average molecular weight is 289 g/mol. The van der Waals surface area contributed by atoms with Gasteiger partial charge in [0.15, 0.2) is 6.10 Å². The minimum absolute atomic E-state index is 0.755. The van der Waals surface area contributed by atoms with E-state index >= 15 is 0 Å². The number of benzene rings is 1. The van der Waals surface area contributed by atoms with Crippen molar-refractivity contribution in [3.63, 3.8) is 0 Å². The zero-order chi connectivity index (χ0) is 15.7. The Morgan fingerprint density at radius 2 is 1.62 bits per heavy atom. The fourth-order valence-corrected chi connectivity index (χ4v) is 1.40. The van der Waals surface area contributed by atoms with E-state index in [-0.39, 0.29) is 0 Å². The second-order valence-corrected chi connectivity index (χ2v) is 4.03. The van der Waals surface area contributed by atoms with E-state index in [9.17, 15) is 9.59 Å². The Kier molecular flexibility index (Phi) is 6.56. The molecule has 2 rings (SSSR count). The van der Waals surface area contributed by atoms with E-state index in [0.717, 1.165) is 11.3 Å². The van der Waals surface area contributed by atoms with E-state index in [1.165, 1.54) is 0 Å². The van der Waals surface area contributed by atoms with Crippen molar-refractivity contribution in [1.82, 2.24) is 4.98 Å². The fraction of sp³-hybridized carbons (Fsp3) is 0.133. The standard InChI is InChI=1S/C11H9N.C4H6O5/c1-2-6-10(7-3-1)11-8-4-5-9-12-11;5-2(4(8)9)1-3(6)7/h1-9H;2,5H,1H2,(H,6,7)(H,8,9). The van der Waals surface area contributed by atoms with Crippen LogP contribution >= 0.6 is 0 Å².